The fourth-order valence-electron chi connectivity index (χ4n) is 8.00. The van der Waals surface area contributed by atoms with E-state index in [9.17, 15) is 45.6 Å². The zero-order valence-electron chi connectivity index (χ0n) is 40.9. The molecule has 67 heavy (non-hydrogen) atoms. The molecule has 2 rings (SSSR count). The Labute approximate surface area is 402 Å². The summed E-state index contributed by atoms with van der Waals surface area (Å²) in [7, 11) is 0. The number of nitrogens with one attached hydrogen (secondary N) is 1. The van der Waals surface area contributed by atoms with Gasteiger partial charge in [-0.2, -0.15) is 0 Å². The Morgan fingerprint density at radius 2 is 1.03 bits per heavy atom. The fraction of sp³-hybridized carbons (Fsp3) is 0.755. The Morgan fingerprint density at radius 3 is 1.58 bits per heavy atom. The van der Waals surface area contributed by atoms with Crippen LogP contribution in [0.25, 0.3) is 0 Å². The maximum absolute atomic E-state index is 13.2. The molecule has 386 valence electrons. The standard InChI is InChI=1S/C53H91NO13/c1-3-5-7-9-11-13-15-16-17-18-19-20-21-22-23-24-25-26-27-29-31-33-35-37-45(58)54-41(42(57)36-34-32-30-28-14-12-10-8-6-4-2)40-64-52-50(63)48(61)51(44(39-56)66-52)67-53-49(62)47(60)46(59)43(38-55)65-53/h5,7,11,13,16-17,19-20,22-23,25-26,41-44,46-53,55-57,59-63H,3-4,6,8-10,12,14-15,18,21,24,27-40H2,1-2H3,(H,54,58)/b7-5-,13-11-,17-16-,20-19-,23-22-,26-25-. The number of hydrogen-bond acceptors (Lipinski definition) is 13. The number of rotatable bonds is 38. The molecular formula is C53H91NO13. The highest BCUT2D eigenvalue weighted by molar-refractivity contribution is 5.76. The van der Waals surface area contributed by atoms with Crippen LogP contribution in [0.4, 0.5) is 0 Å². The lowest BCUT2D eigenvalue weighted by molar-refractivity contribution is -0.359. The van der Waals surface area contributed by atoms with E-state index in [1.807, 2.05) is 0 Å². The summed E-state index contributed by atoms with van der Waals surface area (Å²) in [5, 5.41) is 86.8. The van der Waals surface area contributed by atoms with Gasteiger partial charge in [-0.1, -0.05) is 164 Å². The van der Waals surface area contributed by atoms with Gasteiger partial charge in [0.15, 0.2) is 12.6 Å². The van der Waals surface area contributed by atoms with Gasteiger partial charge in [0.2, 0.25) is 5.91 Å². The van der Waals surface area contributed by atoms with Gasteiger partial charge in [0, 0.05) is 6.42 Å². The second kappa shape index (κ2) is 39.2. The number of amides is 1. The SMILES string of the molecule is CC/C=C\C/C=C\C/C=C\C/C=C\C/C=C\C/C=C\CCCCCCC(=O)NC(COC1OC(CO)C(OC2OC(CO)C(O)C(O)C2O)C(O)C1O)C(O)CCCCCCCCCCCC. The van der Waals surface area contributed by atoms with E-state index in [-0.39, 0.29) is 18.9 Å². The molecule has 2 aliphatic rings. The van der Waals surface area contributed by atoms with Crippen molar-refractivity contribution in [2.24, 2.45) is 0 Å². The van der Waals surface area contributed by atoms with Crippen LogP contribution >= 0.6 is 0 Å². The summed E-state index contributed by atoms with van der Waals surface area (Å²) >= 11 is 0. The number of carbonyl (C=O) groups is 1. The largest absolute Gasteiger partial charge is 0.394 e. The Balaban J connectivity index is 1.80. The summed E-state index contributed by atoms with van der Waals surface area (Å²) in [5.74, 6) is -0.237. The zero-order chi connectivity index (χ0) is 48.9. The molecule has 2 fully saturated rings. The average molecular weight is 950 g/mol. The number of hydrogen-bond donors (Lipinski definition) is 9. The molecule has 0 aromatic rings. The summed E-state index contributed by atoms with van der Waals surface area (Å²) in [6.07, 6.45) is 31.9. The van der Waals surface area contributed by atoms with Gasteiger partial charge in [0.25, 0.3) is 0 Å². The molecule has 2 saturated heterocycles. The minimum atomic E-state index is -1.79. The molecule has 2 aliphatic heterocycles. The number of unbranched alkanes of at least 4 members (excludes halogenated alkanes) is 13. The van der Waals surface area contributed by atoms with E-state index < -0.39 is 86.8 Å². The van der Waals surface area contributed by atoms with Crippen molar-refractivity contribution < 1.29 is 64.6 Å². The predicted molar refractivity (Wildman–Crippen MR) is 263 cm³/mol. The molecule has 0 radical (unpaired) electrons. The molecule has 0 bridgehead atoms. The van der Waals surface area contributed by atoms with Crippen LogP contribution in [-0.4, -0.2) is 140 Å². The van der Waals surface area contributed by atoms with E-state index >= 15 is 0 Å². The molecule has 14 nitrogen and oxygen atoms in total. The minimum Gasteiger partial charge on any atom is -0.394 e. The first-order valence-electron chi connectivity index (χ1n) is 25.7. The fourth-order valence-corrected chi connectivity index (χ4v) is 8.00. The summed E-state index contributed by atoms with van der Waals surface area (Å²) in [5.41, 5.74) is 0. The van der Waals surface area contributed by atoms with E-state index in [1.165, 1.54) is 38.5 Å². The van der Waals surface area contributed by atoms with Crippen LogP contribution < -0.4 is 5.32 Å². The van der Waals surface area contributed by atoms with Crippen molar-refractivity contribution in [1.29, 1.82) is 0 Å². The molecular weight excluding hydrogens is 859 g/mol. The van der Waals surface area contributed by atoms with Gasteiger partial charge in [-0.3, -0.25) is 4.79 Å². The number of aliphatic hydroxyl groups is 8. The highest BCUT2D eigenvalue weighted by Crippen LogP contribution is 2.30. The van der Waals surface area contributed by atoms with Gasteiger partial charge in [-0.15, -0.1) is 0 Å². The second-order valence-corrected chi connectivity index (χ2v) is 17.9. The van der Waals surface area contributed by atoms with Gasteiger partial charge in [0.05, 0.1) is 32.0 Å². The van der Waals surface area contributed by atoms with Crippen molar-refractivity contribution in [1.82, 2.24) is 5.32 Å². The van der Waals surface area contributed by atoms with Crippen LogP contribution in [-0.2, 0) is 23.7 Å². The van der Waals surface area contributed by atoms with Crippen molar-refractivity contribution in [2.75, 3.05) is 19.8 Å². The van der Waals surface area contributed by atoms with Crippen molar-refractivity contribution in [3.8, 4) is 0 Å². The first-order valence-corrected chi connectivity index (χ1v) is 25.7. The summed E-state index contributed by atoms with van der Waals surface area (Å²) in [6.45, 7) is 2.67. The topological polar surface area (TPSA) is 228 Å². The highest BCUT2D eigenvalue weighted by Gasteiger charge is 2.51. The lowest BCUT2D eigenvalue weighted by atomic mass is 9.97. The number of allylic oxidation sites excluding steroid dienone is 12. The van der Waals surface area contributed by atoms with E-state index in [1.54, 1.807) is 0 Å². The third-order valence-corrected chi connectivity index (χ3v) is 12.2. The van der Waals surface area contributed by atoms with E-state index in [0.29, 0.717) is 12.8 Å². The monoisotopic (exact) mass is 950 g/mol. The highest BCUT2D eigenvalue weighted by atomic mass is 16.7. The molecule has 0 saturated carbocycles. The summed E-state index contributed by atoms with van der Waals surface area (Å²) in [6, 6.07) is -0.845. The predicted octanol–water partition coefficient (Wildman–Crippen LogP) is 6.82. The number of carbonyl (C=O) groups excluding carboxylic acids is 1. The Hall–Kier alpha value is -2.57. The molecule has 14 heteroatoms. The smallest absolute Gasteiger partial charge is 0.220 e. The maximum Gasteiger partial charge on any atom is 0.220 e. The van der Waals surface area contributed by atoms with Crippen LogP contribution in [0.3, 0.4) is 0 Å². The third-order valence-electron chi connectivity index (χ3n) is 12.2. The van der Waals surface area contributed by atoms with Gasteiger partial charge in [-0.25, -0.2) is 0 Å². The Kier molecular flexibility index (Phi) is 35.4. The van der Waals surface area contributed by atoms with E-state index in [2.05, 4.69) is 92.1 Å². The number of aliphatic hydroxyl groups excluding tert-OH is 8. The average Bonchev–Trinajstić information content (AvgIpc) is 3.32. The van der Waals surface area contributed by atoms with Crippen molar-refractivity contribution >= 4 is 5.91 Å². The summed E-state index contributed by atoms with van der Waals surface area (Å²) < 4.78 is 22.7. The molecule has 12 atom stereocenters. The van der Waals surface area contributed by atoms with Crippen LogP contribution in [0.5, 0.6) is 0 Å². The Morgan fingerprint density at radius 1 is 0.552 bits per heavy atom. The van der Waals surface area contributed by atoms with Crippen molar-refractivity contribution in [3.63, 3.8) is 0 Å². The van der Waals surface area contributed by atoms with Crippen LogP contribution in [0, 0.1) is 0 Å². The Bertz CT molecular complexity index is 1400. The first-order chi connectivity index (χ1) is 32.6. The third kappa shape index (κ3) is 26.3. The number of ether oxygens (including phenoxy) is 4. The molecule has 0 aliphatic carbocycles. The molecule has 0 aromatic carbocycles. The lowest BCUT2D eigenvalue weighted by Crippen LogP contribution is -2.65. The zero-order valence-corrected chi connectivity index (χ0v) is 40.9. The second-order valence-electron chi connectivity index (χ2n) is 17.9. The van der Waals surface area contributed by atoms with Crippen LogP contribution in [0.15, 0.2) is 72.9 Å². The minimum absolute atomic E-state index is 0.237. The van der Waals surface area contributed by atoms with Gasteiger partial charge in [-0.05, 0) is 64.2 Å². The molecule has 2 heterocycles. The summed E-state index contributed by atoms with van der Waals surface area (Å²) in [4.78, 5) is 13.2. The molecule has 9 N–H and O–H groups in total. The van der Waals surface area contributed by atoms with Crippen molar-refractivity contribution in [3.05, 3.63) is 72.9 Å². The first kappa shape index (κ1) is 60.6. The quantitative estimate of drug-likeness (QED) is 0.0229. The molecule has 1 amide bonds. The van der Waals surface area contributed by atoms with Crippen LogP contribution in [0.2, 0.25) is 0 Å². The van der Waals surface area contributed by atoms with Gasteiger partial charge >= 0.3 is 0 Å². The van der Waals surface area contributed by atoms with E-state index in [4.69, 9.17) is 18.9 Å². The van der Waals surface area contributed by atoms with Gasteiger partial charge < -0.3 is 65.1 Å². The molecule has 0 aromatic heterocycles. The molecule has 12 unspecified atom stereocenters. The van der Waals surface area contributed by atoms with Gasteiger partial charge in [0.1, 0.15) is 48.8 Å². The van der Waals surface area contributed by atoms with E-state index in [0.717, 1.165) is 89.9 Å². The maximum atomic E-state index is 13.2. The molecule has 0 spiro atoms. The lowest BCUT2D eigenvalue weighted by Gasteiger charge is -2.46. The normalized spacial score (nSPS) is 27.2. The van der Waals surface area contributed by atoms with Crippen molar-refractivity contribution in [2.45, 2.75) is 235 Å². The van der Waals surface area contributed by atoms with Crippen LogP contribution in [0.1, 0.15) is 162 Å².